The number of benzene rings is 2. The second-order valence-corrected chi connectivity index (χ2v) is 9.50. The van der Waals surface area contributed by atoms with E-state index in [1.165, 1.54) is 35.4 Å². The Bertz CT molecular complexity index is 1270. The van der Waals surface area contributed by atoms with Crippen LogP contribution in [0.4, 0.5) is 0 Å². The van der Waals surface area contributed by atoms with Crippen LogP contribution in [0.15, 0.2) is 54.6 Å². The van der Waals surface area contributed by atoms with Gasteiger partial charge in [-0.15, -0.1) is 0 Å². The number of hydrogen-bond donors (Lipinski definition) is 0. The van der Waals surface area contributed by atoms with Crippen molar-refractivity contribution in [1.82, 2.24) is 0 Å². The third-order valence-corrected chi connectivity index (χ3v) is 7.26. The van der Waals surface area contributed by atoms with Gasteiger partial charge in [0.1, 0.15) is 0 Å². The van der Waals surface area contributed by atoms with Crippen molar-refractivity contribution in [3.8, 4) is 0 Å². The van der Waals surface area contributed by atoms with Crippen molar-refractivity contribution in [2.75, 3.05) is 28.4 Å². The van der Waals surface area contributed by atoms with E-state index in [2.05, 4.69) is 0 Å². The van der Waals surface area contributed by atoms with Gasteiger partial charge in [0, 0.05) is 5.56 Å². The van der Waals surface area contributed by atoms with Crippen molar-refractivity contribution in [1.29, 1.82) is 0 Å². The summed E-state index contributed by atoms with van der Waals surface area (Å²) in [4.78, 5) is 65.1. The van der Waals surface area contributed by atoms with Gasteiger partial charge in [0.25, 0.3) is 0 Å². The number of carbonyl (C=O) groups excluding carboxylic acids is 5. The number of Topliss-reactive ketones (excluding diaryl/α,β-unsaturated/α-hetero) is 1. The number of hydrogen-bond acceptors (Lipinski definition) is 9. The second kappa shape index (κ2) is 12.1. The molecule has 0 saturated carbocycles. The second-order valence-electron chi connectivity index (χ2n) is 9.50. The van der Waals surface area contributed by atoms with Gasteiger partial charge < -0.3 is 18.9 Å². The number of rotatable bonds is 6. The molecule has 39 heavy (non-hydrogen) atoms. The molecule has 2 aromatic carbocycles. The number of carbonyl (C=O) groups is 5. The number of fused-ring (bicyclic) bond motifs is 1. The first-order chi connectivity index (χ1) is 18.6. The Labute approximate surface area is 227 Å². The average molecular weight is 537 g/mol. The summed E-state index contributed by atoms with van der Waals surface area (Å²) < 4.78 is 20.4. The maximum absolute atomic E-state index is 13.4. The Kier molecular flexibility index (Phi) is 9.06. The fourth-order valence-corrected chi connectivity index (χ4v) is 5.07. The van der Waals surface area contributed by atoms with Crippen LogP contribution in [0.2, 0.25) is 0 Å². The lowest BCUT2D eigenvalue weighted by Crippen LogP contribution is -2.46. The highest BCUT2D eigenvalue weighted by Gasteiger charge is 2.52. The Morgan fingerprint density at radius 1 is 0.615 bits per heavy atom. The molecule has 2 aromatic rings. The van der Waals surface area contributed by atoms with Crippen molar-refractivity contribution < 1.29 is 42.9 Å². The van der Waals surface area contributed by atoms with Crippen LogP contribution in [0.5, 0.6) is 0 Å². The van der Waals surface area contributed by atoms with Gasteiger partial charge in [-0.3, -0.25) is 24.0 Å². The molecule has 0 heterocycles. The molecule has 206 valence electrons. The first-order valence-corrected chi connectivity index (χ1v) is 12.3. The fourth-order valence-electron chi connectivity index (χ4n) is 5.07. The molecule has 0 unspecified atom stereocenters. The maximum Gasteiger partial charge on any atom is 0.323 e. The van der Waals surface area contributed by atoms with E-state index >= 15 is 0 Å². The van der Waals surface area contributed by atoms with E-state index in [-0.39, 0.29) is 31.5 Å². The number of methoxy groups -OCH3 is 4. The molecule has 0 radical (unpaired) electrons. The van der Waals surface area contributed by atoms with E-state index in [0.717, 1.165) is 0 Å². The lowest BCUT2D eigenvalue weighted by atomic mass is 9.69. The molecule has 0 fully saturated rings. The van der Waals surface area contributed by atoms with E-state index in [1.807, 2.05) is 0 Å². The molecule has 0 amide bonds. The number of esters is 4. The third-order valence-electron chi connectivity index (χ3n) is 7.26. The number of ether oxygens (including phenoxy) is 4. The lowest BCUT2D eigenvalue weighted by Gasteiger charge is -2.34. The molecule has 0 bridgehead atoms. The fraction of sp³-hybridized carbons (Fsp3) is 0.367. The summed E-state index contributed by atoms with van der Waals surface area (Å²) in [5.41, 5.74) is -0.875. The molecular formula is C30H32O9. The molecule has 1 aliphatic rings. The van der Waals surface area contributed by atoms with Gasteiger partial charge >= 0.3 is 23.9 Å². The first kappa shape index (κ1) is 29.3. The summed E-state index contributed by atoms with van der Waals surface area (Å²) in [5, 5.41) is 0. The van der Waals surface area contributed by atoms with Gasteiger partial charge in [0.05, 0.1) is 28.4 Å². The SMILES string of the molecule is COC(=O)C1(C(=O)OC)C/C=C(/c2ccc(C(C)=O)cc2)CC(C(=O)OC)(C(=O)OC)Cc2ccccc2C1. The van der Waals surface area contributed by atoms with Crippen LogP contribution in [0.1, 0.15) is 46.8 Å². The zero-order valence-electron chi connectivity index (χ0n) is 22.7. The molecule has 9 heteroatoms. The molecule has 0 N–H and O–H groups in total. The summed E-state index contributed by atoms with van der Waals surface area (Å²) in [6, 6.07) is 13.5. The predicted molar refractivity (Wildman–Crippen MR) is 140 cm³/mol. The molecular weight excluding hydrogens is 504 g/mol. The van der Waals surface area contributed by atoms with Gasteiger partial charge in [-0.2, -0.15) is 0 Å². The summed E-state index contributed by atoms with van der Waals surface area (Å²) in [6.45, 7) is 1.44. The standard InChI is InChI=1S/C30H32O9/c1-19(31)20-10-12-21(13-11-20)24-14-15-29(25(32)36-2,26(33)37-3)16-22-8-6-7-9-23(22)17-30(18-24,27(34)38-4)28(35)39-5/h6-14H,15-18H2,1-5H3/b24-14+. The highest BCUT2D eigenvalue weighted by Crippen LogP contribution is 2.42. The van der Waals surface area contributed by atoms with Crippen LogP contribution in [-0.2, 0) is 51.0 Å². The Morgan fingerprint density at radius 3 is 1.49 bits per heavy atom. The number of ketones is 1. The minimum atomic E-state index is -1.78. The highest BCUT2D eigenvalue weighted by atomic mass is 16.6. The van der Waals surface area contributed by atoms with Crippen molar-refractivity contribution in [3.05, 3.63) is 76.9 Å². The van der Waals surface area contributed by atoms with Crippen molar-refractivity contribution in [2.45, 2.75) is 32.6 Å². The van der Waals surface area contributed by atoms with E-state index in [9.17, 15) is 24.0 Å². The smallest absolute Gasteiger partial charge is 0.323 e. The molecule has 0 aromatic heterocycles. The van der Waals surface area contributed by atoms with Crippen LogP contribution in [-0.4, -0.2) is 58.1 Å². The third kappa shape index (κ3) is 5.62. The average Bonchev–Trinajstić information content (AvgIpc) is 2.96. The normalized spacial score (nSPS) is 17.3. The first-order valence-electron chi connectivity index (χ1n) is 12.3. The van der Waals surface area contributed by atoms with Crippen molar-refractivity contribution in [2.24, 2.45) is 10.8 Å². The van der Waals surface area contributed by atoms with Gasteiger partial charge in [0.15, 0.2) is 16.6 Å². The minimum Gasteiger partial charge on any atom is -0.468 e. The topological polar surface area (TPSA) is 122 Å². The molecule has 0 spiro atoms. The predicted octanol–water partition coefficient (Wildman–Crippen LogP) is 3.52. The van der Waals surface area contributed by atoms with Crippen LogP contribution in [0.3, 0.4) is 0 Å². The number of allylic oxidation sites excluding steroid dienone is 2. The van der Waals surface area contributed by atoms with Crippen LogP contribution >= 0.6 is 0 Å². The molecule has 1 aliphatic carbocycles. The maximum atomic E-state index is 13.4. The van der Waals surface area contributed by atoms with E-state index in [0.29, 0.717) is 27.8 Å². The largest absolute Gasteiger partial charge is 0.468 e. The van der Waals surface area contributed by atoms with Crippen molar-refractivity contribution >= 4 is 35.2 Å². The molecule has 0 aliphatic heterocycles. The zero-order valence-corrected chi connectivity index (χ0v) is 22.7. The molecule has 0 atom stereocenters. The van der Waals surface area contributed by atoms with Crippen LogP contribution in [0.25, 0.3) is 5.57 Å². The van der Waals surface area contributed by atoms with Crippen LogP contribution in [0, 0.1) is 10.8 Å². The van der Waals surface area contributed by atoms with E-state index < -0.39 is 34.7 Å². The molecule has 0 saturated heterocycles. The minimum absolute atomic E-state index is 0.103. The van der Waals surface area contributed by atoms with Crippen molar-refractivity contribution in [3.63, 3.8) is 0 Å². The van der Waals surface area contributed by atoms with E-state index in [1.54, 1.807) is 54.6 Å². The zero-order chi connectivity index (χ0) is 28.8. The van der Waals surface area contributed by atoms with Gasteiger partial charge in [-0.25, -0.2) is 0 Å². The van der Waals surface area contributed by atoms with Gasteiger partial charge in [-0.1, -0.05) is 54.6 Å². The lowest BCUT2D eigenvalue weighted by molar-refractivity contribution is -0.171. The highest BCUT2D eigenvalue weighted by molar-refractivity contribution is 6.03. The summed E-state index contributed by atoms with van der Waals surface area (Å²) in [6.07, 6.45) is 1.09. The summed E-state index contributed by atoms with van der Waals surface area (Å²) in [5.74, 6) is -3.27. The molecule has 9 nitrogen and oxygen atoms in total. The monoisotopic (exact) mass is 536 g/mol. The van der Waals surface area contributed by atoms with Gasteiger partial charge in [-0.05, 0) is 54.9 Å². The van der Waals surface area contributed by atoms with Gasteiger partial charge in [0.2, 0.25) is 0 Å². The van der Waals surface area contributed by atoms with Crippen LogP contribution < -0.4 is 0 Å². The Hall–Kier alpha value is -4.27. The Morgan fingerprint density at radius 2 is 1.05 bits per heavy atom. The summed E-state index contributed by atoms with van der Waals surface area (Å²) in [7, 11) is 4.79. The summed E-state index contributed by atoms with van der Waals surface area (Å²) >= 11 is 0. The molecule has 3 rings (SSSR count). The van der Waals surface area contributed by atoms with E-state index in [4.69, 9.17) is 18.9 Å². The quantitative estimate of drug-likeness (QED) is 0.236. The Balaban J connectivity index is 2.36.